The van der Waals surface area contributed by atoms with Crippen LogP contribution in [-0.4, -0.2) is 92.0 Å². The highest BCUT2D eigenvalue weighted by molar-refractivity contribution is 6.41. The molecule has 226 valence electrons. The lowest BCUT2D eigenvalue weighted by Crippen LogP contribution is -2.48. The Kier molecular flexibility index (Phi) is 10.7. The number of amides is 1. The number of rotatable bonds is 12. The highest BCUT2D eigenvalue weighted by Gasteiger charge is 2.24. The van der Waals surface area contributed by atoms with Crippen molar-refractivity contribution in [2.24, 2.45) is 0 Å². The summed E-state index contributed by atoms with van der Waals surface area (Å²) in [6.07, 6.45) is 3.79. The van der Waals surface area contributed by atoms with Crippen molar-refractivity contribution in [3.8, 4) is 22.6 Å². The third-order valence-corrected chi connectivity index (χ3v) is 8.10. The lowest BCUT2D eigenvalue weighted by molar-refractivity contribution is -0.127. The van der Waals surface area contributed by atoms with Crippen LogP contribution in [0.25, 0.3) is 22.0 Å². The van der Waals surface area contributed by atoms with Crippen LogP contribution >= 0.6 is 23.2 Å². The predicted octanol–water partition coefficient (Wildman–Crippen LogP) is 4.55. The maximum Gasteiger partial charge on any atom is 0.259 e. The summed E-state index contributed by atoms with van der Waals surface area (Å²) in [5, 5.41) is 4.52. The van der Waals surface area contributed by atoms with E-state index >= 15 is 0 Å². The molecule has 10 nitrogen and oxygen atoms in total. The number of anilines is 1. The molecule has 4 rings (SSSR count). The highest BCUT2D eigenvalue weighted by atomic mass is 35.5. The Morgan fingerprint density at radius 3 is 2.33 bits per heavy atom. The predicted molar refractivity (Wildman–Crippen MR) is 167 cm³/mol. The maximum absolute atomic E-state index is 14.2. The zero-order valence-electron chi connectivity index (χ0n) is 24.4. The second-order valence-corrected chi connectivity index (χ2v) is 10.9. The molecule has 1 amide bonds. The van der Waals surface area contributed by atoms with Gasteiger partial charge in [-0.15, -0.1) is 0 Å². The van der Waals surface area contributed by atoms with Gasteiger partial charge < -0.3 is 29.0 Å². The summed E-state index contributed by atoms with van der Waals surface area (Å²) >= 11 is 13.4. The largest absolute Gasteiger partial charge is 0.495 e. The van der Waals surface area contributed by atoms with Gasteiger partial charge in [0.2, 0.25) is 5.91 Å². The maximum atomic E-state index is 14.2. The number of hydrogen-bond acceptors (Lipinski definition) is 8. The summed E-state index contributed by atoms with van der Waals surface area (Å²) < 4.78 is 17.9. The Morgan fingerprint density at radius 1 is 1.07 bits per heavy atom. The number of carbonyl (C=O) groups is 1. The van der Waals surface area contributed by atoms with Crippen LogP contribution in [0.5, 0.6) is 11.5 Å². The van der Waals surface area contributed by atoms with E-state index in [1.807, 2.05) is 13.0 Å². The Morgan fingerprint density at radius 2 is 1.74 bits per heavy atom. The summed E-state index contributed by atoms with van der Waals surface area (Å²) in [6, 6.07) is 5.25. The topological polar surface area (TPSA) is 98.2 Å². The van der Waals surface area contributed by atoms with Crippen molar-refractivity contribution in [1.29, 1.82) is 0 Å². The van der Waals surface area contributed by atoms with E-state index in [2.05, 4.69) is 21.8 Å². The van der Waals surface area contributed by atoms with Gasteiger partial charge in [0.15, 0.2) is 0 Å². The van der Waals surface area contributed by atoms with Crippen molar-refractivity contribution in [3.63, 3.8) is 0 Å². The molecule has 1 N–H and O–H groups in total. The van der Waals surface area contributed by atoms with E-state index in [4.69, 9.17) is 37.4 Å². The van der Waals surface area contributed by atoms with Gasteiger partial charge in [-0.05, 0) is 32.0 Å². The third kappa shape index (κ3) is 6.83. The fourth-order valence-electron chi connectivity index (χ4n) is 5.19. The molecule has 1 aliphatic rings. The van der Waals surface area contributed by atoms with Gasteiger partial charge in [0.05, 0.1) is 42.0 Å². The summed E-state index contributed by atoms with van der Waals surface area (Å²) in [5.74, 6) is 1.28. The first-order valence-corrected chi connectivity index (χ1v) is 14.5. The van der Waals surface area contributed by atoms with E-state index in [1.165, 1.54) is 20.3 Å². The van der Waals surface area contributed by atoms with Gasteiger partial charge in [-0.2, -0.15) is 0 Å². The van der Waals surface area contributed by atoms with E-state index in [0.29, 0.717) is 61.1 Å². The second-order valence-electron chi connectivity index (χ2n) is 10.2. The summed E-state index contributed by atoms with van der Waals surface area (Å²) in [7, 11) is 4.63. The number of methoxy groups -OCH3 is 3. The SMILES string of the molecule is C=CC(=O)N1CCN(CCCn2c(=O)c(-c3c(Cl)c(OC)cc(OC)c3Cl)cc3cnc(NC(C)COC)cc32)CC1. The average molecular weight is 619 g/mol. The van der Waals surface area contributed by atoms with Crippen molar-refractivity contribution in [2.45, 2.75) is 25.9 Å². The molecule has 0 bridgehead atoms. The Labute approximate surface area is 255 Å². The minimum absolute atomic E-state index is 0.0212. The standard InChI is InChI=1S/C30H37Cl2N5O5/c1-6-26(38)36-12-10-35(11-13-36)8-7-9-37-22-15-25(34-19(2)18-40-3)33-17-20(22)14-21(30(37)39)27-28(31)23(41-4)16-24(42-5)29(27)32/h6,14-17,19H,1,7-13,18H2,2-5H3,(H,33,34). The zero-order chi connectivity index (χ0) is 30.4. The number of pyridine rings is 2. The van der Waals surface area contributed by atoms with E-state index < -0.39 is 0 Å². The van der Waals surface area contributed by atoms with Crippen molar-refractivity contribution < 1.29 is 19.0 Å². The molecule has 0 saturated carbocycles. The molecule has 12 heteroatoms. The number of nitrogens with one attached hydrogen (secondary N) is 1. The molecular formula is C30H37Cl2N5O5. The number of aryl methyl sites for hydroxylation is 1. The fraction of sp³-hybridized carbons (Fsp3) is 0.433. The minimum Gasteiger partial charge on any atom is -0.495 e. The molecule has 1 aromatic carbocycles. The summed E-state index contributed by atoms with van der Waals surface area (Å²) in [6.45, 7) is 10.1. The van der Waals surface area contributed by atoms with Gasteiger partial charge in [-0.3, -0.25) is 14.5 Å². The van der Waals surface area contributed by atoms with Crippen LogP contribution < -0.4 is 20.3 Å². The van der Waals surface area contributed by atoms with Crippen LogP contribution in [-0.2, 0) is 16.1 Å². The molecule has 1 unspecified atom stereocenters. The van der Waals surface area contributed by atoms with Gasteiger partial charge in [-0.1, -0.05) is 29.8 Å². The number of piperazine rings is 1. The molecular weight excluding hydrogens is 581 g/mol. The number of aromatic nitrogens is 2. The molecule has 1 atom stereocenters. The first kappa shape index (κ1) is 31.6. The van der Waals surface area contributed by atoms with Crippen molar-refractivity contribution in [1.82, 2.24) is 19.4 Å². The molecule has 3 heterocycles. The van der Waals surface area contributed by atoms with Crippen LogP contribution in [0.4, 0.5) is 5.82 Å². The van der Waals surface area contributed by atoms with E-state index in [9.17, 15) is 9.59 Å². The van der Waals surface area contributed by atoms with Crippen LogP contribution in [0.15, 0.2) is 41.8 Å². The second kappa shape index (κ2) is 14.2. The Bertz CT molecular complexity index is 1480. The van der Waals surface area contributed by atoms with Gasteiger partial charge in [-0.25, -0.2) is 4.98 Å². The Hall–Kier alpha value is -3.31. The lowest BCUT2D eigenvalue weighted by Gasteiger charge is -2.34. The van der Waals surface area contributed by atoms with Crippen molar-refractivity contribution in [3.05, 3.63) is 57.4 Å². The van der Waals surface area contributed by atoms with Crippen LogP contribution in [0.1, 0.15) is 13.3 Å². The molecule has 3 aromatic rings. The molecule has 2 aromatic heterocycles. The molecule has 42 heavy (non-hydrogen) atoms. The first-order valence-electron chi connectivity index (χ1n) is 13.7. The van der Waals surface area contributed by atoms with Gasteiger partial charge in [0.1, 0.15) is 17.3 Å². The third-order valence-electron chi connectivity index (χ3n) is 7.35. The van der Waals surface area contributed by atoms with Gasteiger partial charge in [0, 0.05) is 75.2 Å². The monoisotopic (exact) mass is 617 g/mol. The van der Waals surface area contributed by atoms with E-state index in [-0.39, 0.29) is 27.6 Å². The van der Waals surface area contributed by atoms with Crippen LogP contribution in [0.2, 0.25) is 10.0 Å². The number of benzene rings is 1. The molecule has 1 fully saturated rings. The zero-order valence-corrected chi connectivity index (χ0v) is 25.9. The molecule has 0 spiro atoms. The number of carbonyl (C=O) groups excluding carboxylic acids is 1. The highest BCUT2D eigenvalue weighted by Crippen LogP contribution is 2.45. The molecule has 1 saturated heterocycles. The van der Waals surface area contributed by atoms with Crippen molar-refractivity contribution in [2.75, 3.05) is 66.0 Å². The van der Waals surface area contributed by atoms with E-state index in [0.717, 1.165) is 30.5 Å². The van der Waals surface area contributed by atoms with Crippen molar-refractivity contribution >= 4 is 45.8 Å². The number of hydrogen-bond donors (Lipinski definition) is 1. The van der Waals surface area contributed by atoms with E-state index in [1.54, 1.807) is 34.9 Å². The average Bonchev–Trinajstić information content (AvgIpc) is 2.99. The van der Waals surface area contributed by atoms with Crippen LogP contribution in [0.3, 0.4) is 0 Å². The Balaban J connectivity index is 1.73. The smallest absolute Gasteiger partial charge is 0.259 e. The fourth-order valence-corrected chi connectivity index (χ4v) is 5.90. The first-order chi connectivity index (χ1) is 20.2. The van der Waals surface area contributed by atoms with Gasteiger partial charge >= 0.3 is 0 Å². The molecule has 1 aliphatic heterocycles. The van der Waals surface area contributed by atoms with Gasteiger partial charge in [0.25, 0.3) is 5.56 Å². The van der Waals surface area contributed by atoms with Crippen LogP contribution in [0, 0.1) is 0 Å². The quantitative estimate of drug-likeness (QED) is 0.296. The molecule has 0 aliphatic carbocycles. The molecule has 0 radical (unpaired) electrons. The summed E-state index contributed by atoms with van der Waals surface area (Å²) in [5.41, 5.74) is 1.15. The normalized spacial score (nSPS) is 14.6. The minimum atomic E-state index is -0.245. The number of nitrogens with zero attached hydrogens (tertiary/aromatic N) is 4. The summed E-state index contributed by atoms with van der Waals surface area (Å²) in [4.78, 5) is 34.8. The number of fused-ring (bicyclic) bond motifs is 1. The number of halogens is 2. The number of ether oxygens (including phenoxy) is 3. The lowest BCUT2D eigenvalue weighted by atomic mass is 10.0.